The van der Waals surface area contributed by atoms with Crippen molar-refractivity contribution in [3.8, 4) is 0 Å². The van der Waals surface area contributed by atoms with Crippen molar-refractivity contribution in [3.63, 3.8) is 0 Å². The second kappa shape index (κ2) is 14.8. The lowest BCUT2D eigenvalue weighted by atomic mass is 10.2. The SMILES string of the molecule is CCCCN(CCCC)CCCC.O=S(=O)(OCc1ccccc1)C(F)(F)F. The minimum Gasteiger partial charge on any atom is -0.303 e. The smallest absolute Gasteiger partial charge is 0.303 e. The minimum absolute atomic E-state index is 0.352. The first-order valence-corrected chi connectivity index (χ1v) is 11.3. The Bertz CT molecular complexity index is 573. The van der Waals surface area contributed by atoms with Gasteiger partial charge < -0.3 is 4.90 Å². The highest BCUT2D eigenvalue weighted by molar-refractivity contribution is 7.87. The van der Waals surface area contributed by atoms with Crippen molar-refractivity contribution in [2.24, 2.45) is 0 Å². The van der Waals surface area contributed by atoms with Crippen molar-refractivity contribution in [2.75, 3.05) is 19.6 Å². The van der Waals surface area contributed by atoms with Gasteiger partial charge in [-0.2, -0.15) is 21.6 Å². The van der Waals surface area contributed by atoms with Crippen LogP contribution in [0.15, 0.2) is 30.3 Å². The maximum atomic E-state index is 11.8. The van der Waals surface area contributed by atoms with Gasteiger partial charge in [-0.05, 0) is 44.5 Å². The van der Waals surface area contributed by atoms with Gasteiger partial charge in [-0.1, -0.05) is 70.4 Å². The fourth-order valence-electron chi connectivity index (χ4n) is 2.27. The summed E-state index contributed by atoms with van der Waals surface area (Å²) in [6.07, 6.45) is 8.09. The predicted molar refractivity (Wildman–Crippen MR) is 107 cm³/mol. The first-order chi connectivity index (χ1) is 13.2. The van der Waals surface area contributed by atoms with Gasteiger partial charge in [0.05, 0.1) is 6.61 Å². The van der Waals surface area contributed by atoms with E-state index in [1.54, 1.807) is 18.2 Å². The monoisotopic (exact) mass is 425 g/mol. The third-order valence-corrected chi connectivity index (χ3v) is 4.99. The molecule has 1 rings (SSSR count). The first kappa shape index (κ1) is 26.9. The van der Waals surface area contributed by atoms with E-state index in [-0.39, 0.29) is 0 Å². The zero-order valence-electron chi connectivity index (χ0n) is 17.2. The summed E-state index contributed by atoms with van der Waals surface area (Å²) in [4.78, 5) is 2.64. The van der Waals surface area contributed by atoms with E-state index in [4.69, 9.17) is 0 Å². The Morgan fingerprint density at radius 3 is 1.64 bits per heavy atom. The summed E-state index contributed by atoms with van der Waals surface area (Å²) in [5.41, 5.74) is -5.02. The van der Waals surface area contributed by atoms with Crippen LogP contribution in [0.3, 0.4) is 0 Å². The number of hydrogen-bond donors (Lipinski definition) is 0. The van der Waals surface area contributed by atoms with E-state index < -0.39 is 22.2 Å². The topological polar surface area (TPSA) is 46.6 Å². The zero-order valence-corrected chi connectivity index (χ0v) is 18.0. The van der Waals surface area contributed by atoms with Gasteiger partial charge >= 0.3 is 15.6 Å². The van der Waals surface area contributed by atoms with E-state index in [1.807, 2.05) is 0 Å². The molecule has 0 N–H and O–H groups in total. The molecule has 0 amide bonds. The van der Waals surface area contributed by atoms with E-state index in [1.165, 1.54) is 70.3 Å². The summed E-state index contributed by atoms with van der Waals surface area (Å²) in [5.74, 6) is 0. The van der Waals surface area contributed by atoms with Gasteiger partial charge in [0.1, 0.15) is 0 Å². The Hall–Kier alpha value is -1.12. The molecule has 28 heavy (non-hydrogen) atoms. The molecule has 8 heteroatoms. The van der Waals surface area contributed by atoms with Crippen LogP contribution in [-0.2, 0) is 20.9 Å². The van der Waals surface area contributed by atoms with Crippen LogP contribution >= 0.6 is 0 Å². The molecule has 1 aromatic rings. The highest BCUT2D eigenvalue weighted by Gasteiger charge is 2.47. The van der Waals surface area contributed by atoms with E-state index in [0.29, 0.717) is 5.56 Å². The minimum atomic E-state index is -5.50. The standard InChI is InChI=1S/C12H27N.C8H7F3O3S/c1-4-7-10-13(11-8-5-2)12-9-6-3;9-8(10,11)15(12,13)14-6-7-4-2-1-3-5-7/h4-12H2,1-3H3;1-5H,6H2. The van der Waals surface area contributed by atoms with Gasteiger partial charge in [0.15, 0.2) is 0 Å². The van der Waals surface area contributed by atoms with Crippen LogP contribution in [0.1, 0.15) is 64.9 Å². The fraction of sp³-hybridized carbons (Fsp3) is 0.700. The Labute approximate surface area is 168 Å². The van der Waals surface area contributed by atoms with E-state index in [2.05, 4.69) is 29.9 Å². The largest absolute Gasteiger partial charge is 0.523 e. The van der Waals surface area contributed by atoms with Gasteiger partial charge in [0.25, 0.3) is 0 Å². The van der Waals surface area contributed by atoms with Gasteiger partial charge in [-0.15, -0.1) is 0 Å². The Morgan fingerprint density at radius 2 is 1.29 bits per heavy atom. The molecule has 0 aromatic heterocycles. The molecule has 0 bridgehead atoms. The second-order valence-electron chi connectivity index (χ2n) is 6.55. The molecule has 164 valence electrons. The predicted octanol–water partition coefficient (Wildman–Crippen LogP) is 5.74. The van der Waals surface area contributed by atoms with Crippen molar-refractivity contribution in [2.45, 2.75) is 71.4 Å². The molecule has 0 spiro atoms. The van der Waals surface area contributed by atoms with Crippen molar-refractivity contribution in [1.29, 1.82) is 0 Å². The molecule has 0 fully saturated rings. The third kappa shape index (κ3) is 12.4. The molecule has 0 unspecified atom stereocenters. The molecular weight excluding hydrogens is 391 g/mol. The first-order valence-electron chi connectivity index (χ1n) is 9.89. The molecule has 0 radical (unpaired) electrons. The van der Waals surface area contributed by atoms with Crippen molar-refractivity contribution in [1.82, 2.24) is 4.90 Å². The molecule has 0 aliphatic carbocycles. The van der Waals surface area contributed by atoms with Crippen LogP contribution in [0.4, 0.5) is 13.2 Å². The van der Waals surface area contributed by atoms with Gasteiger partial charge in [0, 0.05) is 0 Å². The highest BCUT2D eigenvalue weighted by Crippen LogP contribution is 2.25. The summed E-state index contributed by atoms with van der Waals surface area (Å²) in [7, 11) is -5.50. The Kier molecular flexibility index (Phi) is 14.2. The number of benzene rings is 1. The van der Waals surface area contributed by atoms with Gasteiger partial charge in [-0.25, -0.2) is 0 Å². The molecular formula is C20H34F3NO3S. The highest BCUT2D eigenvalue weighted by atomic mass is 32.2. The van der Waals surface area contributed by atoms with Crippen LogP contribution in [-0.4, -0.2) is 38.5 Å². The average Bonchev–Trinajstić information content (AvgIpc) is 2.66. The van der Waals surface area contributed by atoms with Crippen molar-refractivity contribution < 1.29 is 25.8 Å². The second-order valence-corrected chi connectivity index (χ2v) is 8.16. The lowest BCUT2D eigenvalue weighted by Crippen LogP contribution is -2.27. The lowest BCUT2D eigenvalue weighted by Gasteiger charge is -2.21. The van der Waals surface area contributed by atoms with Crippen LogP contribution in [0.25, 0.3) is 0 Å². The van der Waals surface area contributed by atoms with E-state index in [0.717, 1.165) is 0 Å². The summed E-state index contributed by atoms with van der Waals surface area (Å²) in [6.45, 7) is 10.2. The molecule has 0 atom stereocenters. The summed E-state index contributed by atoms with van der Waals surface area (Å²) in [5, 5.41) is 0. The number of unbranched alkanes of at least 4 members (excludes halogenated alkanes) is 3. The number of hydrogen-bond acceptors (Lipinski definition) is 4. The molecule has 4 nitrogen and oxygen atoms in total. The van der Waals surface area contributed by atoms with Crippen LogP contribution in [0, 0.1) is 0 Å². The van der Waals surface area contributed by atoms with Crippen LogP contribution in [0.2, 0.25) is 0 Å². The van der Waals surface area contributed by atoms with Crippen LogP contribution in [0.5, 0.6) is 0 Å². The summed E-state index contributed by atoms with van der Waals surface area (Å²) >= 11 is 0. The molecule has 0 aliphatic rings. The normalized spacial score (nSPS) is 12.0. The Balaban J connectivity index is 0.000000528. The molecule has 0 heterocycles. The molecule has 0 saturated carbocycles. The van der Waals surface area contributed by atoms with E-state index in [9.17, 15) is 21.6 Å². The quantitative estimate of drug-likeness (QED) is 0.316. The fourth-order valence-corrected chi connectivity index (χ4v) is 2.69. The number of rotatable bonds is 12. The Morgan fingerprint density at radius 1 is 0.857 bits per heavy atom. The van der Waals surface area contributed by atoms with Crippen molar-refractivity contribution in [3.05, 3.63) is 35.9 Å². The average molecular weight is 426 g/mol. The maximum Gasteiger partial charge on any atom is 0.523 e. The van der Waals surface area contributed by atoms with Crippen LogP contribution < -0.4 is 0 Å². The van der Waals surface area contributed by atoms with Crippen molar-refractivity contribution >= 4 is 10.1 Å². The number of nitrogens with zero attached hydrogens (tertiary/aromatic N) is 1. The molecule has 1 aromatic carbocycles. The van der Waals surface area contributed by atoms with Gasteiger partial charge in [0.2, 0.25) is 0 Å². The summed E-state index contributed by atoms with van der Waals surface area (Å²) in [6, 6.07) is 7.72. The van der Waals surface area contributed by atoms with E-state index >= 15 is 0 Å². The third-order valence-electron chi connectivity index (χ3n) is 3.99. The lowest BCUT2D eigenvalue weighted by molar-refractivity contribution is -0.0547. The zero-order chi connectivity index (χ0) is 21.5. The van der Waals surface area contributed by atoms with Gasteiger partial charge in [-0.3, -0.25) is 4.18 Å². The maximum absolute atomic E-state index is 11.8. The molecule has 0 aliphatic heterocycles. The summed E-state index contributed by atoms with van der Waals surface area (Å²) < 4.78 is 60.3. The molecule has 0 saturated heterocycles. The number of alkyl halides is 3. The number of halogens is 3.